The van der Waals surface area contributed by atoms with Crippen LogP contribution in [0, 0.1) is 5.92 Å². The molecule has 0 aromatic heterocycles. The first-order valence-electron chi connectivity index (χ1n) is 4.94. The molecule has 0 rings (SSSR count). The van der Waals surface area contributed by atoms with Gasteiger partial charge in [0.2, 0.25) is 0 Å². The number of aldehydes is 1. The Hall–Kier alpha value is -0.850. The van der Waals surface area contributed by atoms with Gasteiger partial charge in [0.15, 0.2) is 0 Å². The van der Waals surface area contributed by atoms with Gasteiger partial charge in [-0.1, -0.05) is 38.0 Å². The number of carbonyl (C=O) groups excluding carboxylic acids is 1. The Morgan fingerprint density at radius 3 is 2.54 bits per heavy atom. The van der Waals surface area contributed by atoms with Crippen LogP contribution in [0.4, 0.5) is 0 Å². The summed E-state index contributed by atoms with van der Waals surface area (Å²) in [5.74, 6) is 0.790. The van der Waals surface area contributed by atoms with Gasteiger partial charge in [-0.05, 0) is 31.8 Å². The topological polar surface area (TPSA) is 17.1 Å². The van der Waals surface area contributed by atoms with E-state index in [4.69, 9.17) is 0 Å². The van der Waals surface area contributed by atoms with E-state index in [-0.39, 0.29) is 0 Å². The molecule has 0 spiro atoms. The Kier molecular flexibility index (Phi) is 7.27. The summed E-state index contributed by atoms with van der Waals surface area (Å²) in [7, 11) is 0. The van der Waals surface area contributed by atoms with Crippen LogP contribution in [0.2, 0.25) is 0 Å². The SMILES string of the molecule is CC(=C/C=C/C=O)CCCC(C)C. The van der Waals surface area contributed by atoms with E-state index >= 15 is 0 Å². The highest BCUT2D eigenvalue weighted by atomic mass is 16.1. The Morgan fingerprint density at radius 2 is 2.00 bits per heavy atom. The second-order valence-electron chi connectivity index (χ2n) is 3.82. The van der Waals surface area contributed by atoms with E-state index in [1.807, 2.05) is 6.08 Å². The molecular formula is C12H20O. The first-order chi connectivity index (χ1) is 6.16. The molecule has 0 amide bonds. The van der Waals surface area contributed by atoms with Crippen LogP contribution in [0.15, 0.2) is 23.8 Å². The minimum atomic E-state index is 0.790. The summed E-state index contributed by atoms with van der Waals surface area (Å²) in [4.78, 5) is 9.97. The third kappa shape index (κ3) is 9.06. The van der Waals surface area contributed by atoms with E-state index in [1.165, 1.54) is 24.5 Å². The monoisotopic (exact) mass is 180 g/mol. The van der Waals surface area contributed by atoms with Gasteiger partial charge in [0.1, 0.15) is 6.29 Å². The van der Waals surface area contributed by atoms with Crippen LogP contribution in [0.1, 0.15) is 40.0 Å². The van der Waals surface area contributed by atoms with Crippen LogP contribution in [-0.4, -0.2) is 6.29 Å². The van der Waals surface area contributed by atoms with E-state index in [2.05, 4.69) is 20.8 Å². The second-order valence-corrected chi connectivity index (χ2v) is 3.82. The molecule has 0 unspecified atom stereocenters. The summed E-state index contributed by atoms with van der Waals surface area (Å²) in [6.07, 6.45) is 9.80. The number of carbonyl (C=O) groups is 1. The maximum atomic E-state index is 9.97. The Bertz CT molecular complexity index is 187. The number of allylic oxidation sites excluding steroid dienone is 4. The molecule has 1 nitrogen and oxygen atoms in total. The zero-order chi connectivity index (χ0) is 10.1. The van der Waals surface area contributed by atoms with Gasteiger partial charge in [-0.2, -0.15) is 0 Å². The molecule has 0 bridgehead atoms. The first-order valence-corrected chi connectivity index (χ1v) is 4.94. The highest BCUT2D eigenvalue weighted by molar-refractivity contribution is 5.65. The minimum absolute atomic E-state index is 0.790. The van der Waals surface area contributed by atoms with Crippen LogP contribution >= 0.6 is 0 Å². The molecule has 0 N–H and O–H groups in total. The summed E-state index contributed by atoms with van der Waals surface area (Å²) in [5, 5.41) is 0. The molecule has 0 aliphatic carbocycles. The summed E-state index contributed by atoms with van der Waals surface area (Å²) in [5.41, 5.74) is 1.35. The normalized spacial score (nSPS) is 12.8. The van der Waals surface area contributed by atoms with Crippen molar-refractivity contribution in [3.63, 3.8) is 0 Å². The van der Waals surface area contributed by atoms with E-state index < -0.39 is 0 Å². The van der Waals surface area contributed by atoms with Crippen LogP contribution in [0.3, 0.4) is 0 Å². The maximum Gasteiger partial charge on any atom is 0.142 e. The molecule has 0 atom stereocenters. The minimum Gasteiger partial charge on any atom is -0.299 e. The standard InChI is InChI=1S/C12H20O/c1-11(2)7-6-9-12(3)8-4-5-10-13/h4-5,8,10-11H,6-7,9H2,1-3H3/b5-4+,12-8?. The molecule has 0 fully saturated rings. The molecule has 0 aliphatic heterocycles. The lowest BCUT2D eigenvalue weighted by molar-refractivity contribution is -0.104. The van der Waals surface area contributed by atoms with Crippen molar-refractivity contribution in [3.05, 3.63) is 23.8 Å². The van der Waals surface area contributed by atoms with Crippen LogP contribution < -0.4 is 0 Å². The summed E-state index contributed by atoms with van der Waals surface area (Å²) in [6.45, 7) is 6.59. The first kappa shape index (κ1) is 12.2. The van der Waals surface area contributed by atoms with E-state index in [0.717, 1.165) is 18.6 Å². The van der Waals surface area contributed by atoms with Gasteiger partial charge in [-0.3, -0.25) is 4.79 Å². The van der Waals surface area contributed by atoms with Crippen LogP contribution in [0.25, 0.3) is 0 Å². The lowest BCUT2D eigenvalue weighted by atomic mass is 10.0. The van der Waals surface area contributed by atoms with Crippen molar-refractivity contribution in [1.82, 2.24) is 0 Å². The average Bonchev–Trinajstić information content (AvgIpc) is 2.04. The molecule has 13 heavy (non-hydrogen) atoms. The van der Waals surface area contributed by atoms with Crippen molar-refractivity contribution < 1.29 is 4.79 Å². The smallest absolute Gasteiger partial charge is 0.142 e. The van der Waals surface area contributed by atoms with Gasteiger partial charge in [0.05, 0.1) is 0 Å². The number of rotatable bonds is 6. The zero-order valence-electron chi connectivity index (χ0n) is 8.92. The molecule has 0 heterocycles. The summed E-state index contributed by atoms with van der Waals surface area (Å²) in [6, 6.07) is 0. The van der Waals surface area contributed by atoms with Crippen molar-refractivity contribution in [2.75, 3.05) is 0 Å². The molecule has 0 aromatic carbocycles. The molecular weight excluding hydrogens is 160 g/mol. The molecule has 0 saturated carbocycles. The quantitative estimate of drug-likeness (QED) is 0.347. The van der Waals surface area contributed by atoms with Crippen molar-refractivity contribution in [2.45, 2.75) is 40.0 Å². The molecule has 0 aromatic rings. The highest BCUT2D eigenvalue weighted by Crippen LogP contribution is 2.11. The van der Waals surface area contributed by atoms with Crippen molar-refractivity contribution in [2.24, 2.45) is 5.92 Å². The van der Waals surface area contributed by atoms with Gasteiger partial charge in [0.25, 0.3) is 0 Å². The Balaban J connectivity index is 3.60. The van der Waals surface area contributed by atoms with Crippen molar-refractivity contribution in [1.29, 1.82) is 0 Å². The third-order valence-electron chi connectivity index (χ3n) is 1.92. The zero-order valence-corrected chi connectivity index (χ0v) is 8.92. The van der Waals surface area contributed by atoms with Gasteiger partial charge in [0, 0.05) is 0 Å². The van der Waals surface area contributed by atoms with Gasteiger partial charge >= 0.3 is 0 Å². The van der Waals surface area contributed by atoms with Crippen molar-refractivity contribution >= 4 is 6.29 Å². The average molecular weight is 180 g/mol. The lowest BCUT2D eigenvalue weighted by Crippen LogP contribution is -1.87. The molecule has 0 aliphatic rings. The van der Waals surface area contributed by atoms with E-state index in [1.54, 1.807) is 6.08 Å². The van der Waals surface area contributed by atoms with E-state index in [9.17, 15) is 4.79 Å². The molecule has 0 saturated heterocycles. The lowest BCUT2D eigenvalue weighted by Gasteiger charge is -2.03. The van der Waals surface area contributed by atoms with Gasteiger partial charge < -0.3 is 0 Å². The number of hydrogen-bond donors (Lipinski definition) is 0. The fourth-order valence-electron chi connectivity index (χ4n) is 1.14. The van der Waals surface area contributed by atoms with Gasteiger partial charge in [-0.25, -0.2) is 0 Å². The maximum absolute atomic E-state index is 9.97. The molecule has 0 radical (unpaired) electrons. The summed E-state index contributed by atoms with van der Waals surface area (Å²) >= 11 is 0. The summed E-state index contributed by atoms with van der Waals surface area (Å²) < 4.78 is 0. The largest absolute Gasteiger partial charge is 0.299 e. The van der Waals surface area contributed by atoms with E-state index in [0.29, 0.717) is 0 Å². The highest BCUT2D eigenvalue weighted by Gasteiger charge is 1.94. The fraction of sp³-hybridized carbons (Fsp3) is 0.583. The third-order valence-corrected chi connectivity index (χ3v) is 1.92. The second kappa shape index (κ2) is 7.78. The Labute approximate surface area is 81.5 Å². The predicted molar refractivity (Wildman–Crippen MR) is 57.7 cm³/mol. The fourth-order valence-corrected chi connectivity index (χ4v) is 1.14. The predicted octanol–water partition coefficient (Wildman–Crippen LogP) is 3.51. The van der Waals surface area contributed by atoms with Crippen LogP contribution in [-0.2, 0) is 4.79 Å². The number of hydrogen-bond acceptors (Lipinski definition) is 1. The Morgan fingerprint density at radius 1 is 1.31 bits per heavy atom. The molecule has 1 heteroatoms. The molecule has 74 valence electrons. The van der Waals surface area contributed by atoms with Gasteiger partial charge in [-0.15, -0.1) is 0 Å². The van der Waals surface area contributed by atoms with Crippen LogP contribution in [0.5, 0.6) is 0 Å². The van der Waals surface area contributed by atoms with Crippen molar-refractivity contribution in [3.8, 4) is 0 Å².